The molecule has 2 saturated carbocycles. The molecule has 19 heavy (non-hydrogen) atoms. The zero-order valence-electron chi connectivity index (χ0n) is 11.5. The summed E-state index contributed by atoms with van der Waals surface area (Å²) in [6.07, 6.45) is 3.63. The van der Waals surface area contributed by atoms with Crippen molar-refractivity contribution in [1.82, 2.24) is 10.2 Å². The summed E-state index contributed by atoms with van der Waals surface area (Å²) in [7, 11) is 0. The molecule has 3 N–H and O–H groups in total. The fourth-order valence-electron chi connectivity index (χ4n) is 4.00. The SMILES string of the molecule is NC1C2CCC(C2)C1C(=O)NCCN1CCSCC1. The van der Waals surface area contributed by atoms with Crippen LogP contribution in [-0.4, -0.2) is 54.5 Å². The lowest BCUT2D eigenvalue weighted by atomic mass is 9.84. The summed E-state index contributed by atoms with van der Waals surface area (Å²) in [6, 6.07) is 0.116. The second-order valence-electron chi connectivity index (χ2n) is 6.18. The maximum Gasteiger partial charge on any atom is 0.225 e. The highest BCUT2D eigenvalue weighted by molar-refractivity contribution is 7.99. The van der Waals surface area contributed by atoms with Crippen molar-refractivity contribution in [1.29, 1.82) is 0 Å². The molecule has 3 rings (SSSR count). The van der Waals surface area contributed by atoms with Crippen molar-refractivity contribution >= 4 is 17.7 Å². The van der Waals surface area contributed by atoms with Crippen LogP contribution in [0.3, 0.4) is 0 Å². The largest absolute Gasteiger partial charge is 0.355 e. The minimum atomic E-state index is 0.0932. The first-order valence-corrected chi connectivity index (χ1v) is 8.74. The minimum absolute atomic E-state index is 0.0932. The molecule has 1 aliphatic heterocycles. The van der Waals surface area contributed by atoms with Crippen LogP contribution >= 0.6 is 11.8 Å². The van der Waals surface area contributed by atoms with Gasteiger partial charge in [0, 0.05) is 43.7 Å². The summed E-state index contributed by atoms with van der Waals surface area (Å²) in [5.41, 5.74) is 6.21. The average molecular weight is 283 g/mol. The van der Waals surface area contributed by atoms with Crippen molar-refractivity contribution < 1.29 is 4.79 Å². The molecule has 0 aromatic carbocycles. The van der Waals surface area contributed by atoms with Crippen molar-refractivity contribution in [3.63, 3.8) is 0 Å². The summed E-state index contributed by atoms with van der Waals surface area (Å²) in [6.45, 7) is 4.09. The molecule has 3 aliphatic rings. The van der Waals surface area contributed by atoms with Gasteiger partial charge in [-0.15, -0.1) is 0 Å². The van der Waals surface area contributed by atoms with Gasteiger partial charge >= 0.3 is 0 Å². The van der Waals surface area contributed by atoms with Gasteiger partial charge in [-0.1, -0.05) is 0 Å². The van der Waals surface area contributed by atoms with Crippen molar-refractivity contribution in [3.8, 4) is 0 Å². The van der Waals surface area contributed by atoms with E-state index < -0.39 is 0 Å². The molecule has 1 heterocycles. The monoisotopic (exact) mass is 283 g/mol. The molecule has 0 spiro atoms. The zero-order valence-corrected chi connectivity index (χ0v) is 12.3. The predicted molar refractivity (Wildman–Crippen MR) is 79.1 cm³/mol. The Morgan fingerprint density at radius 1 is 1.26 bits per heavy atom. The van der Waals surface area contributed by atoms with E-state index in [2.05, 4.69) is 10.2 Å². The Labute approximate surface area is 119 Å². The first-order chi connectivity index (χ1) is 9.25. The lowest BCUT2D eigenvalue weighted by Crippen LogP contribution is -2.47. The van der Waals surface area contributed by atoms with Crippen LogP contribution in [0.15, 0.2) is 0 Å². The van der Waals surface area contributed by atoms with Crippen LogP contribution in [0.2, 0.25) is 0 Å². The maximum atomic E-state index is 12.3. The van der Waals surface area contributed by atoms with Crippen LogP contribution in [0.25, 0.3) is 0 Å². The Hall–Kier alpha value is -0.260. The Bertz CT molecular complexity index is 331. The molecule has 4 nitrogen and oxygen atoms in total. The molecule has 4 atom stereocenters. The number of nitrogens with zero attached hydrogens (tertiary/aromatic N) is 1. The number of carbonyl (C=O) groups excluding carboxylic acids is 1. The molecule has 2 bridgehead atoms. The van der Waals surface area contributed by atoms with Crippen molar-refractivity contribution in [3.05, 3.63) is 0 Å². The molecule has 2 aliphatic carbocycles. The lowest BCUT2D eigenvalue weighted by molar-refractivity contribution is -0.127. The van der Waals surface area contributed by atoms with Crippen LogP contribution in [0.1, 0.15) is 19.3 Å². The van der Waals surface area contributed by atoms with Crippen molar-refractivity contribution in [2.24, 2.45) is 23.5 Å². The molecule has 1 saturated heterocycles. The summed E-state index contributed by atoms with van der Waals surface area (Å²) < 4.78 is 0. The first kappa shape index (κ1) is 13.7. The molecule has 108 valence electrons. The number of amides is 1. The van der Waals surface area contributed by atoms with Crippen LogP contribution in [0.4, 0.5) is 0 Å². The van der Waals surface area contributed by atoms with Gasteiger partial charge in [-0.05, 0) is 31.1 Å². The summed E-state index contributed by atoms with van der Waals surface area (Å²) in [5.74, 6) is 3.93. The van der Waals surface area contributed by atoms with Crippen molar-refractivity contribution in [2.45, 2.75) is 25.3 Å². The van der Waals surface area contributed by atoms with E-state index in [1.807, 2.05) is 11.8 Å². The van der Waals surface area contributed by atoms with E-state index in [1.54, 1.807) is 0 Å². The second kappa shape index (κ2) is 6.02. The summed E-state index contributed by atoms with van der Waals surface area (Å²) in [4.78, 5) is 14.7. The third kappa shape index (κ3) is 2.93. The van der Waals surface area contributed by atoms with Gasteiger partial charge in [0.2, 0.25) is 5.91 Å². The first-order valence-electron chi connectivity index (χ1n) is 7.59. The third-order valence-electron chi connectivity index (χ3n) is 5.11. The number of hydrogen-bond donors (Lipinski definition) is 2. The quantitative estimate of drug-likeness (QED) is 0.790. The highest BCUT2D eigenvalue weighted by Crippen LogP contribution is 2.47. The van der Waals surface area contributed by atoms with E-state index in [1.165, 1.54) is 30.8 Å². The van der Waals surface area contributed by atoms with E-state index in [4.69, 9.17) is 5.73 Å². The Morgan fingerprint density at radius 3 is 2.68 bits per heavy atom. The number of fused-ring (bicyclic) bond motifs is 2. The van der Waals surface area contributed by atoms with E-state index in [0.717, 1.165) is 26.2 Å². The van der Waals surface area contributed by atoms with Gasteiger partial charge in [-0.25, -0.2) is 0 Å². The van der Waals surface area contributed by atoms with Gasteiger partial charge in [-0.3, -0.25) is 9.69 Å². The standard InChI is InChI=1S/C14H25N3OS/c15-13-11-2-1-10(9-11)12(13)14(18)16-3-4-17-5-7-19-8-6-17/h10-13H,1-9,15H2,(H,16,18). The average Bonchev–Trinajstić information content (AvgIpc) is 3.00. The van der Waals surface area contributed by atoms with Crippen LogP contribution in [0.5, 0.6) is 0 Å². The molecule has 0 aromatic rings. The minimum Gasteiger partial charge on any atom is -0.355 e. The molecule has 3 fully saturated rings. The molecule has 0 aromatic heterocycles. The third-order valence-corrected chi connectivity index (χ3v) is 6.06. The van der Waals surface area contributed by atoms with Gasteiger partial charge in [0.15, 0.2) is 0 Å². The predicted octanol–water partition coefficient (Wildman–Crippen LogP) is 0.525. The van der Waals surface area contributed by atoms with E-state index in [0.29, 0.717) is 11.8 Å². The van der Waals surface area contributed by atoms with Gasteiger partial charge in [-0.2, -0.15) is 11.8 Å². The van der Waals surface area contributed by atoms with Crippen LogP contribution in [-0.2, 0) is 4.79 Å². The normalized spacial score (nSPS) is 38.6. The highest BCUT2D eigenvalue weighted by Gasteiger charge is 2.48. The Morgan fingerprint density at radius 2 is 2.00 bits per heavy atom. The molecular formula is C14H25N3OS. The molecular weight excluding hydrogens is 258 g/mol. The van der Waals surface area contributed by atoms with Gasteiger partial charge in [0.1, 0.15) is 0 Å². The number of nitrogens with one attached hydrogen (secondary N) is 1. The molecule has 5 heteroatoms. The van der Waals surface area contributed by atoms with Crippen LogP contribution < -0.4 is 11.1 Å². The van der Waals surface area contributed by atoms with E-state index in [-0.39, 0.29) is 17.9 Å². The molecule has 0 radical (unpaired) electrons. The number of thioether (sulfide) groups is 1. The Kier molecular flexibility index (Phi) is 4.34. The topological polar surface area (TPSA) is 58.4 Å². The number of nitrogens with two attached hydrogens (primary N) is 1. The smallest absolute Gasteiger partial charge is 0.225 e. The zero-order chi connectivity index (χ0) is 13.2. The Balaban J connectivity index is 1.41. The summed E-state index contributed by atoms with van der Waals surface area (Å²) in [5, 5.41) is 3.12. The van der Waals surface area contributed by atoms with Crippen LogP contribution in [0, 0.1) is 17.8 Å². The lowest BCUT2D eigenvalue weighted by Gasteiger charge is -2.29. The number of rotatable bonds is 4. The number of carbonyl (C=O) groups is 1. The van der Waals surface area contributed by atoms with Gasteiger partial charge < -0.3 is 11.1 Å². The fraction of sp³-hybridized carbons (Fsp3) is 0.929. The number of hydrogen-bond acceptors (Lipinski definition) is 4. The van der Waals surface area contributed by atoms with Crippen molar-refractivity contribution in [2.75, 3.05) is 37.7 Å². The van der Waals surface area contributed by atoms with E-state index in [9.17, 15) is 4.79 Å². The summed E-state index contributed by atoms with van der Waals surface area (Å²) >= 11 is 2.02. The van der Waals surface area contributed by atoms with E-state index >= 15 is 0 Å². The van der Waals surface area contributed by atoms with Gasteiger partial charge in [0.05, 0.1) is 5.92 Å². The fourth-order valence-corrected chi connectivity index (χ4v) is 4.98. The maximum absolute atomic E-state index is 12.3. The van der Waals surface area contributed by atoms with Gasteiger partial charge in [0.25, 0.3) is 0 Å². The highest BCUT2D eigenvalue weighted by atomic mass is 32.2. The molecule has 4 unspecified atom stereocenters. The second-order valence-corrected chi connectivity index (χ2v) is 7.41. The molecule has 1 amide bonds.